The first-order valence-corrected chi connectivity index (χ1v) is 5.45. The van der Waals surface area contributed by atoms with E-state index in [1.807, 2.05) is 17.5 Å². The maximum atomic E-state index is 11.3. The molecule has 14 heavy (non-hydrogen) atoms. The summed E-state index contributed by atoms with van der Waals surface area (Å²) in [5.74, 6) is 0.0211. The highest BCUT2D eigenvalue weighted by atomic mass is 32.1. The van der Waals surface area contributed by atoms with E-state index in [4.69, 9.17) is 0 Å². The van der Waals surface area contributed by atoms with Crippen molar-refractivity contribution in [1.82, 2.24) is 4.90 Å². The second-order valence-corrected chi connectivity index (χ2v) is 4.39. The molecule has 1 fully saturated rings. The first kappa shape index (κ1) is 9.40. The van der Waals surface area contributed by atoms with Crippen molar-refractivity contribution in [1.29, 1.82) is 0 Å². The number of Topliss-reactive ketones (excluding diaryl/α,β-unsaturated/α-hetero) is 1. The summed E-state index contributed by atoms with van der Waals surface area (Å²) in [6, 6.07) is 4.05. The van der Waals surface area contributed by atoms with Gasteiger partial charge in [-0.15, -0.1) is 11.3 Å². The van der Waals surface area contributed by atoms with Gasteiger partial charge in [-0.1, -0.05) is 6.07 Å². The molecule has 1 aromatic rings. The van der Waals surface area contributed by atoms with E-state index in [2.05, 4.69) is 0 Å². The van der Waals surface area contributed by atoms with Crippen LogP contribution in [-0.2, 0) is 16.0 Å². The Morgan fingerprint density at radius 3 is 2.86 bits per heavy atom. The topological polar surface area (TPSA) is 37.4 Å². The van der Waals surface area contributed by atoms with Gasteiger partial charge in [-0.05, 0) is 17.9 Å². The average Bonchev–Trinajstić information content (AvgIpc) is 2.72. The smallest absolute Gasteiger partial charge is 0.230 e. The van der Waals surface area contributed by atoms with Crippen molar-refractivity contribution in [2.24, 2.45) is 0 Å². The first-order valence-electron chi connectivity index (χ1n) is 4.57. The van der Waals surface area contributed by atoms with Gasteiger partial charge in [0.2, 0.25) is 5.91 Å². The Morgan fingerprint density at radius 1 is 1.43 bits per heavy atom. The molecule has 0 aromatic carbocycles. The molecule has 2 heterocycles. The number of carbonyl (C=O) groups is 2. The Balaban J connectivity index is 1.87. The van der Waals surface area contributed by atoms with Gasteiger partial charge in [0.1, 0.15) is 0 Å². The van der Waals surface area contributed by atoms with Crippen LogP contribution in [0.3, 0.4) is 0 Å². The Morgan fingerprint density at radius 2 is 2.29 bits per heavy atom. The molecule has 0 N–H and O–H groups in total. The summed E-state index contributed by atoms with van der Waals surface area (Å²) in [6.45, 7) is 0.981. The molecule has 0 saturated carbocycles. The van der Waals surface area contributed by atoms with Crippen LogP contribution in [0.4, 0.5) is 0 Å². The molecule has 1 saturated heterocycles. The number of rotatable bonds is 3. The quantitative estimate of drug-likeness (QED) is 0.699. The lowest BCUT2D eigenvalue weighted by molar-refractivity contribution is -0.127. The van der Waals surface area contributed by atoms with Crippen molar-refractivity contribution in [2.45, 2.75) is 12.8 Å². The summed E-state index contributed by atoms with van der Waals surface area (Å²) >= 11 is 1.69. The summed E-state index contributed by atoms with van der Waals surface area (Å²) in [5.41, 5.74) is 0. The van der Waals surface area contributed by atoms with E-state index in [1.54, 1.807) is 16.2 Å². The van der Waals surface area contributed by atoms with Crippen molar-refractivity contribution in [3.63, 3.8) is 0 Å². The van der Waals surface area contributed by atoms with Gasteiger partial charge in [0.15, 0.2) is 5.78 Å². The van der Waals surface area contributed by atoms with Gasteiger partial charge in [-0.3, -0.25) is 9.59 Å². The van der Waals surface area contributed by atoms with Crippen LogP contribution in [0, 0.1) is 0 Å². The van der Waals surface area contributed by atoms with Crippen LogP contribution in [0.15, 0.2) is 17.5 Å². The molecule has 1 aliphatic rings. The summed E-state index contributed by atoms with van der Waals surface area (Å²) < 4.78 is 0. The fourth-order valence-electron chi connectivity index (χ4n) is 1.54. The number of amides is 1. The number of hydrogen-bond acceptors (Lipinski definition) is 3. The molecule has 74 valence electrons. The number of nitrogens with zero attached hydrogens (tertiary/aromatic N) is 1. The van der Waals surface area contributed by atoms with E-state index in [0.29, 0.717) is 13.1 Å². The van der Waals surface area contributed by atoms with E-state index in [1.165, 1.54) is 4.88 Å². The Hall–Kier alpha value is -1.16. The van der Waals surface area contributed by atoms with Crippen molar-refractivity contribution < 1.29 is 9.59 Å². The Bertz CT molecular complexity index is 345. The maximum Gasteiger partial charge on any atom is 0.230 e. The molecule has 1 aliphatic heterocycles. The van der Waals surface area contributed by atoms with Gasteiger partial charge < -0.3 is 4.90 Å². The van der Waals surface area contributed by atoms with Crippen molar-refractivity contribution >= 4 is 23.0 Å². The third-order valence-electron chi connectivity index (χ3n) is 2.28. The Kier molecular flexibility index (Phi) is 2.63. The summed E-state index contributed by atoms with van der Waals surface area (Å²) in [4.78, 5) is 25.1. The fourth-order valence-corrected chi connectivity index (χ4v) is 2.24. The fraction of sp³-hybridized carbons (Fsp3) is 0.400. The van der Waals surface area contributed by atoms with E-state index in [0.717, 1.165) is 6.42 Å². The predicted octanol–water partition coefficient (Wildman–Crippen LogP) is 1.09. The average molecular weight is 209 g/mol. The third kappa shape index (κ3) is 2.01. The zero-order valence-corrected chi connectivity index (χ0v) is 8.55. The zero-order valence-electron chi connectivity index (χ0n) is 7.73. The van der Waals surface area contributed by atoms with Crippen molar-refractivity contribution in [3.05, 3.63) is 22.4 Å². The minimum atomic E-state index is -0.0217. The van der Waals surface area contributed by atoms with Crippen LogP contribution in [0.2, 0.25) is 0 Å². The molecule has 0 radical (unpaired) electrons. The van der Waals surface area contributed by atoms with E-state index in [-0.39, 0.29) is 18.1 Å². The molecular formula is C10H11NO2S. The minimum Gasteiger partial charge on any atom is -0.335 e. The molecule has 0 spiro atoms. The van der Waals surface area contributed by atoms with E-state index >= 15 is 0 Å². The van der Waals surface area contributed by atoms with Crippen LogP contribution >= 0.6 is 11.3 Å². The SMILES string of the molecule is O=C1CC(=O)N(CCc2cccs2)C1. The van der Waals surface area contributed by atoms with Crippen molar-refractivity contribution in [2.75, 3.05) is 13.1 Å². The largest absolute Gasteiger partial charge is 0.335 e. The summed E-state index contributed by atoms with van der Waals surface area (Å²) in [6.07, 6.45) is 0.959. The standard InChI is InChI=1S/C10H11NO2S/c12-8-6-10(13)11(7-8)4-3-9-2-1-5-14-9/h1-2,5H,3-4,6-7H2. The monoisotopic (exact) mass is 209 g/mol. The lowest BCUT2D eigenvalue weighted by Crippen LogP contribution is -2.27. The summed E-state index contributed by atoms with van der Waals surface area (Å²) in [5, 5.41) is 2.02. The molecule has 3 nitrogen and oxygen atoms in total. The molecule has 1 aromatic heterocycles. The van der Waals surface area contributed by atoms with Gasteiger partial charge in [0.05, 0.1) is 13.0 Å². The number of thiophene rings is 1. The molecule has 0 aliphatic carbocycles. The zero-order chi connectivity index (χ0) is 9.97. The van der Waals surface area contributed by atoms with Crippen LogP contribution in [0.5, 0.6) is 0 Å². The lowest BCUT2D eigenvalue weighted by Gasteiger charge is -2.12. The number of ketones is 1. The van der Waals surface area contributed by atoms with Gasteiger partial charge in [0, 0.05) is 11.4 Å². The van der Waals surface area contributed by atoms with Gasteiger partial charge in [0.25, 0.3) is 0 Å². The molecule has 0 unspecified atom stereocenters. The van der Waals surface area contributed by atoms with Crippen molar-refractivity contribution in [3.8, 4) is 0 Å². The van der Waals surface area contributed by atoms with Gasteiger partial charge in [-0.25, -0.2) is 0 Å². The van der Waals surface area contributed by atoms with Crippen LogP contribution in [0.1, 0.15) is 11.3 Å². The highest BCUT2D eigenvalue weighted by molar-refractivity contribution is 7.09. The predicted molar refractivity (Wildman–Crippen MR) is 54.2 cm³/mol. The van der Waals surface area contributed by atoms with E-state index < -0.39 is 0 Å². The first-order chi connectivity index (χ1) is 6.75. The Labute approximate surface area is 86.3 Å². The molecule has 4 heteroatoms. The van der Waals surface area contributed by atoms with Gasteiger partial charge >= 0.3 is 0 Å². The third-order valence-corrected chi connectivity index (χ3v) is 3.21. The normalized spacial score (nSPS) is 16.7. The maximum absolute atomic E-state index is 11.3. The van der Waals surface area contributed by atoms with E-state index in [9.17, 15) is 9.59 Å². The number of carbonyl (C=O) groups excluding carboxylic acids is 2. The van der Waals surface area contributed by atoms with Crippen LogP contribution in [0.25, 0.3) is 0 Å². The molecular weight excluding hydrogens is 198 g/mol. The second-order valence-electron chi connectivity index (χ2n) is 3.36. The number of hydrogen-bond donors (Lipinski definition) is 0. The second kappa shape index (κ2) is 3.92. The minimum absolute atomic E-state index is 0.0217. The highest BCUT2D eigenvalue weighted by Crippen LogP contribution is 2.12. The summed E-state index contributed by atoms with van der Waals surface area (Å²) in [7, 11) is 0. The van der Waals surface area contributed by atoms with Crippen LogP contribution < -0.4 is 0 Å². The highest BCUT2D eigenvalue weighted by Gasteiger charge is 2.26. The number of likely N-dealkylation sites (tertiary alicyclic amines) is 1. The molecule has 0 bridgehead atoms. The molecule has 2 rings (SSSR count). The lowest BCUT2D eigenvalue weighted by atomic mass is 10.3. The van der Waals surface area contributed by atoms with Crippen LogP contribution in [-0.4, -0.2) is 29.7 Å². The molecule has 1 amide bonds. The van der Waals surface area contributed by atoms with Gasteiger partial charge in [-0.2, -0.15) is 0 Å². The molecule has 0 atom stereocenters.